The Bertz CT molecular complexity index is 1190. The molecule has 1 N–H and O–H groups in total. The first-order valence-corrected chi connectivity index (χ1v) is 10.7. The maximum absolute atomic E-state index is 13.8. The summed E-state index contributed by atoms with van der Waals surface area (Å²) in [5.41, 5.74) is 2.75. The minimum Gasteiger partial charge on any atom is -0.383 e. The SMILES string of the molecule is CCN1C(=O)C(c2ccccc2)C(O)(Cc2ccccc2)c2c3cccccc-3nc21. The van der Waals surface area contributed by atoms with E-state index in [1.165, 1.54) is 0 Å². The highest BCUT2D eigenvalue weighted by atomic mass is 16.3. The first kappa shape index (κ1) is 19.5. The third kappa shape index (κ3) is 3.11. The Kier molecular flexibility index (Phi) is 4.79. The zero-order chi connectivity index (χ0) is 21.4. The van der Waals surface area contributed by atoms with Gasteiger partial charge in [0.1, 0.15) is 11.4 Å². The van der Waals surface area contributed by atoms with E-state index in [0.29, 0.717) is 18.8 Å². The van der Waals surface area contributed by atoms with Crippen molar-refractivity contribution in [1.82, 2.24) is 4.98 Å². The van der Waals surface area contributed by atoms with E-state index in [9.17, 15) is 9.90 Å². The van der Waals surface area contributed by atoms with Crippen LogP contribution in [-0.4, -0.2) is 22.5 Å². The summed E-state index contributed by atoms with van der Waals surface area (Å²) in [6.07, 6.45) is 0.323. The van der Waals surface area contributed by atoms with Crippen LogP contribution >= 0.6 is 0 Å². The van der Waals surface area contributed by atoms with Crippen LogP contribution in [0, 0.1) is 0 Å². The molecule has 4 heteroatoms. The number of rotatable bonds is 4. The molecule has 2 unspecified atom stereocenters. The number of aliphatic hydroxyl groups is 1. The second-order valence-electron chi connectivity index (χ2n) is 8.03. The summed E-state index contributed by atoms with van der Waals surface area (Å²) in [5, 5.41) is 12.5. The van der Waals surface area contributed by atoms with E-state index in [2.05, 4.69) is 0 Å². The van der Waals surface area contributed by atoms with Gasteiger partial charge >= 0.3 is 0 Å². The van der Waals surface area contributed by atoms with E-state index >= 15 is 0 Å². The van der Waals surface area contributed by atoms with Crippen molar-refractivity contribution in [2.75, 3.05) is 11.4 Å². The van der Waals surface area contributed by atoms with Crippen molar-refractivity contribution in [3.63, 3.8) is 0 Å². The Balaban J connectivity index is 1.81. The molecule has 0 spiro atoms. The van der Waals surface area contributed by atoms with Gasteiger partial charge in [-0.05, 0) is 24.1 Å². The number of nitrogens with zero attached hydrogens (tertiary/aromatic N) is 2. The molecule has 0 saturated heterocycles. The molecule has 0 fully saturated rings. The average molecular weight is 409 g/mol. The average Bonchev–Trinajstić information content (AvgIpc) is 2.99. The van der Waals surface area contributed by atoms with Crippen molar-refractivity contribution in [3.05, 3.63) is 108 Å². The molecule has 1 aliphatic carbocycles. The summed E-state index contributed by atoms with van der Waals surface area (Å²) in [6.45, 7) is 2.44. The number of likely N-dealkylation sites (N-methyl/N-ethyl adjacent to an activating group) is 1. The van der Waals surface area contributed by atoms with Crippen LogP contribution in [0.3, 0.4) is 0 Å². The fraction of sp³-hybridized carbons (Fsp3) is 0.185. The van der Waals surface area contributed by atoms with Crippen molar-refractivity contribution in [2.24, 2.45) is 0 Å². The fourth-order valence-electron chi connectivity index (χ4n) is 4.83. The largest absolute Gasteiger partial charge is 0.383 e. The number of amides is 1. The van der Waals surface area contributed by atoms with E-state index < -0.39 is 11.5 Å². The summed E-state index contributed by atoms with van der Waals surface area (Å²) in [6, 6.07) is 29.2. The maximum atomic E-state index is 13.8. The van der Waals surface area contributed by atoms with Gasteiger partial charge in [-0.15, -0.1) is 0 Å². The third-order valence-corrected chi connectivity index (χ3v) is 6.18. The maximum Gasteiger partial charge on any atom is 0.238 e. The molecule has 2 aromatic carbocycles. The predicted octanol–water partition coefficient (Wildman–Crippen LogP) is 4.77. The predicted molar refractivity (Wildman–Crippen MR) is 122 cm³/mol. The zero-order valence-corrected chi connectivity index (χ0v) is 17.4. The first-order chi connectivity index (χ1) is 15.1. The monoisotopic (exact) mass is 408 g/mol. The minimum absolute atomic E-state index is 0.119. The molecular weight excluding hydrogens is 384 g/mol. The van der Waals surface area contributed by atoms with Gasteiger partial charge in [-0.2, -0.15) is 0 Å². The van der Waals surface area contributed by atoms with Crippen LogP contribution in [0.5, 0.6) is 0 Å². The number of carbonyl (C=O) groups is 1. The Morgan fingerprint density at radius 1 is 0.903 bits per heavy atom. The molecule has 0 saturated carbocycles. The number of anilines is 1. The standard InChI is InChI=1S/C27H24N2O2/c1-2-29-25-24(21-16-10-5-11-17-22(21)28-25)27(31,18-19-12-6-3-7-13-19)23(26(29)30)20-14-8-4-9-15-20/h3-17,23,31H,2,18H2,1H3. The molecule has 4 nitrogen and oxygen atoms in total. The lowest BCUT2D eigenvalue weighted by atomic mass is 9.70. The minimum atomic E-state index is -1.43. The van der Waals surface area contributed by atoms with Crippen molar-refractivity contribution < 1.29 is 9.90 Å². The van der Waals surface area contributed by atoms with Gasteiger partial charge in [0.2, 0.25) is 5.91 Å². The normalized spacial score (nSPS) is 20.6. The smallest absolute Gasteiger partial charge is 0.238 e. The molecule has 0 aromatic heterocycles. The van der Waals surface area contributed by atoms with Crippen molar-refractivity contribution in [2.45, 2.75) is 24.9 Å². The molecule has 1 amide bonds. The van der Waals surface area contributed by atoms with Crippen LogP contribution < -0.4 is 4.90 Å². The van der Waals surface area contributed by atoms with Gasteiger partial charge in [-0.1, -0.05) is 84.9 Å². The summed E-state index contributed by atoms with van der Waals surface area (Å²) in [4.78, 5) is 20.3. The van der Waals surface area contributed by atoms with Gasteiger partial charge in [-0.3, -0.25) is 9.69 Å². The van der Waals surface area contributed by atoms with Crippen molar-refractivity contribution >= 4 is 11.7 Å². The Morgan fingerprint density at radius 2 is 1.52 bits per heavy atom. The van der Waals surface area contributed by atoms with E-state index in [1.54, 1.807) is 4.90 Å². The van der Waals surface area contributed by atoms with Gasteiger partial charge in [0.25, 0.3) is 0 Å². The zero-order valence-electron chi connectivity index (χ0n) is 17.4. The fourth-order valence-corrected chi connectivity index (χ4v) is 4.83. The van der Waals surface area contributed by atoms with E-state index in [-0.39, 0.29) is 5.91 Å². The second kappa shape index (κ2) is 7.64. The van der Waals surface area contributed by atoms with Gasteiger partial charge in [-0.25, -0.2) is 4.98 Å². The first-order valence-electron chi connectivity index (χ1n) is 10.7. The number of benzene rings is 2. The van der Waals surface area contributed by atoms with Crippen molar-refractivity contribution in [3.8, 4) is 11.3 Å². The van der Waals surface area contributed by atoms with Crippen molar-refractivity contribution in [1.29, 1.82) is 0 Å². The molecule has 5 rings (SSSR count). The third-order valence-electron chi connectivity index (χ3n) is 6.18. The second-order valence-corrected chi connectivity index (χ2v) is 8.03. The molecular formula is C27H24N2O2. The summed E-state index contributed by atoms with van der Waals surface area (Å²) >= 11 is 0. The quantitative estimate of drug-likeness (QED) is 0.529. The Morgan fingerprint density at radius 3 is 2.19 bits per heavy atom. The van der Waals surface area contributed by atoms with Gasteiger partial charge in [0, 0.05) is 24.1 Å². The molecule has 2 aromatic rings. The highest BCUT2D eigenvalue weighted by molar-refractivity contribution is 6.04. The lowest BCUT2D eigenvalue weighted by Crippen LogP contribution is -2.51. The lowest BCUT2D eigenvalue weighted by Gasteiger charge is -2.43. The molecule has 2 atom stereocenters. The molecule has 31 heavy (non-hydrogen) atoms. The van der Waals surface area contributed by atoms with E-state index in [1.807, 2.05) is 97.9 Å². The van der Waals surface area contributed by atoms with Crippen LogP contribution in [0.2, 0.25) is 0 Å². The van der Waals surface area contributed by atoms with Crippen LogP contribution in [0.15, 0.2) is 91.0 Å². The van der Waals surface area contributed by atoms with Gasteiger partial charge in [0.05, 0.1) is 11.6 Å². The lowest BCUT2D eigenvalue weighted by molar-refractivity contribution is -0.128. The Labute approximate surface area is 182 Å². The summed E-state index contributed by atoms with van der Waals surface area (Å²) in [7, 11) is 0. The molecule has 0 bridgehead atoms. The number of hydrogen-bond donors (Lipinski definition) is 1. The van der Waals surface area contributed by atoms with Crippen LogP contribution in [-0.2, 0) is 16.8 Å². The molecule has 0 radical (unpaired) electrons. The number of aromatic nitrogens is 1. The molecule has 154 valence electrons. The number of fused-ring (bicyclic) bond motifs is 3. The molecule has 2 heterocycles. The number of carbonyl (C=O) groups excluding carboxylic acids is 1. The number of hydrogen-bond acceptors (Lipinski definition) is 3. The summed E-state index contributed by atoms with van der Waals surface area (Å²) < 4.78 is 0. The Hall–Kier alpha value is -3.50. The van der Waals surface area contributed by atoms with E-state index in [0.717, 1.165) is 27.9 Å². The van der Waals surface area contributed by atoms with Gasteiger partial charge < -0.3 is 5.11 Å². The van der Waals surface area contributed by atoms with Crippen LogP contribution in [0.25, 0.3) is 11.3 Å². The van der Waals surface area contributed by atoms with Crippen LogP contribution in [0.4, 0.5) is 5.82 Å². The molecule has 3 aliphatic rings. The highest BCUT2D eigenvalue weighted by Crippen LogP contribution is 2.52. The van der Waals surface area contributed by atoms with E-state index in [4.69, 9.17) is 4.98 Å². The highest BCUT2D eigenvalue weighted by Gasteiger charge is 2.53. The topological polar surface area (TPSA) is 53.4 Å². The summed E-state index contributed by atoms with van der Waals surface area (Å²) in [5.74, 6) is -0.273. The van der Waals surface area contributed by atoms with Gasteiger partial charge in [0.15, 0.2) is 0 Å². The van der Waals surface area contributed by atoms with Crippen LogP contribution in [0.1, 0.15) is 29.5 Å². The molecule has 2 aliphatic heterocycles.